The first-order chi connectivity index (χ1) is 7.21. The van der Waals surface area contributed by atoms with Crippen LogP contribution >= 0.6 is 0 Å². The molecule has 16 heavy (non-hydrogen) atoms. The van der Waals surface area contributed by atoms with E-state index in [1.807, 2.05) is 13.8 Å². The van der Waals surface area contributed by atoms with E-state index in [2.05, 4.69) is 0 Å². The first-order valence-electron chi connectivity index (χ1n) is 5.35. The van der Waals surface area contributed by atoms with Gasteiger partial charge in [-0.25, -0.2) is 8.42 Å². The first-order valence-corrected chi connectivity index (χ1v) is 7.30. The van der Waals surface area contributed by atoms with Crippen LogP contribution in [0.4, 0.5) is 0 Å². The molecule has 0 aromatic heterocycles. The number of carbonyl (C=O) groups is 1. The zero-order valence-corrected chi connectivity index (χ0v) is 11.0. The van der Waals surface area contributed by atoms with Gasteiger partial charge in [0.05, 0.1) is 12.2 Å². The normalized spacial score (nSPS) is 28.9. The van der Waals surface area contributed by atoms with Gasteiger partial charge in [0.1, 0.15) is 5.25 Å². The van der Waals surface area contributed by atoms with Crippen molar-refractivity contribution < 1.29 is 17.9 Å². The van der Waals surface area contributed by atoms with E-state index < -0.39 is 15.1 Å². The van der Waals surface area contributed by atoms with Crippen molar-refractivity contribution >= 4 is 15.7 Å². The molecule has 0 aromatic carbocycles. The summed E-state index contributed by atoms with van der Waals surface area (Å²) in [6, 6.07) is 0. The Labute approximate surface area is 96.7 Å². The lowest BCUT2D eigenvalue weighted by atomic mass is 10.2. The molecule has 0 aromatic rings. The van der Waals surface area contributed by atoms with Gasteiger partial charge in [-0.3, -0.25) is 4.79 Å². The predicted octanol–water partition coefficient (Wildman–Crippen LogP) is 0.0553. The molecule has 1 heterocycles. The molecule has 1 saturated heterocycles. The summed E-state index contributed by atoms with van der Waals surface area (Å²) in [5.41, 5.74) is 0. The van der Waals surface area contributed by atoms with Crippen LogP contribution in [0, 0.1) is 0 Å². The molecule has 0 spiro atoms. The van der Waals surface area contributed by atoms with Crippen LogP contribution in [0.1, 0.15) is 20.8 Å². The summed E-state index contributed by atoms with van der Waals surface area (Å²) in [6.07, 6.45) is 1.00. The lowest BCUT2D eigenvalue weighted by molar-refractivity contribution is -0.142. The lowest BCUT2D eigenvalue weighted by Crippen LogP contribution is -2.52. The monoisotopic (exact) mass is 249 g/mol. The average molecular weight is 249 g/mol. The molecule has 0 aliphatic carbocycles. The maximum atomic E-state index is 11.9. The zero-order valence-electron chi connectivity index (χ0n) is 10.1. The molecule has 3 atom stereocenters. The smallest absolute Gasteiger partial charge is 0.240 e. The molecule has 0 bridgehead atoms. The Bertz CT molecular complexity index is 355. The van der Waals surface area contributed by atoms with Gasteiger partial charge in [-0.15, -0.1) is 0 Å². The highest BCUT2D eigenvalue weighted by Crippen LogP contribution is 2.13. The Morgan fingerprint density at radius 3 is 2.12 bits per heavy atom. The van der Waals surface area contributed by atoms with Gasteiger partial charge in [-0.1, -0.05) is 0 Å². The second kappa shape index (κ2) is 4.71. The van der Waals surface area contributed by atoms with Gasteiger partial charge in [-0.05, 0) is 20.8 Å². The summed E-state index contributed by atoms with van der Waals surface area (Å²) in [5.74, 6) is -0.329. The zero-order chi connectivity index (χ0) is 12.5. The van der Waals surface area contributed by atoms with E-state index in [1.165, 1.54) is 6.92 Å². The summed E-state index contributed by atoms with van der Waals surface area (Å²) in [5, 5.41) is -0.968. The fourth-order valence-corrected chi connectivity index (χ4v) is 2.31. The predicted molar refractivity (Wildman–Crippen MR) is 60.9 cm³/mol. The van der Waals surface area contributed by atoms with Gasteiger partial charge < -0.3 is 9.64 Å². The number of morpholine rings is 1. The van der Waals surface area contributed by atoms with Crippen molar-refractivity contribution in [1.29, 1.82) is 0 Å². The number of nitrogens with zero attached hydrogens (tertiary/aromatic N) is 1. The molecule has 1 aliphatic rings. The number of sulfone groups is 1. The van der Waals surface area contributed by atoms with E-state index in [9.17, 15) is 13.2 Å². The summed E-state index contributed by atoms with van der Waals surface area (Å²) in [7, 11) is -3.32. The number of ether oxygens (including phenoxy) is 1. The molecule has 5 nitrogen and oxygen atoms in total. The van der Waals surface area contributed by atoms with Gasteiger partial charge in [0, 0.05) is 19.3 Å². The molecule has 1 amide bonds. The van der Waals surface area contributed by atoms with Gasteiger partial charge in [0.15, 0.2) is 9.84 Å². The third-order valence-corrected chi connectivity index (χ3v) is 4.21. The van der Waals surface area contributed by atoms with E-state index in [-0.39, 0.29) is 18.1 Å². The van der Waals surface area contributed by atoms with Crippen LogP contribution < -0.4 is 0 Å². The van der Waals surface area contributed by atoms with Crippen molar-refractivity contribution in [3.05, 3.63) is 0 Å². The van der Waals surface area contributed by atoms with Crippen LogP contribution in [0.2, 0.25) is 0 Å². The largest absolute Gasteiger partial charge is 0.372 e. The highest BCUT2D eigenvalue weighted by molar-refractivity contribution is 7.92. The van der Waals surface area contributed by atoms with Crippen LogP contribution in [0.15, 0.2) is 0 Å². The molecular formula is C10H19NO4S. The fourth-order valence-electron chi connectivity index (χ4n) is 1.80. The van der Waals surface area contributed by atoms with Crippen molar-refractivity contribution in [2.24, 2.45) is 0 Å². The maximum Gasteiger partial charge on any atom is 0.240 e. The summed E-state index contributed by atoms with van der Waals surface area (Å²) in [6.45, 7) is 6.11. The summed E-state index contributed by atoms with van der Waals surface area (Å²) < 4.78 is 28.1. The average Bonchev–Trinajstić information content (AvgIpc) is 2.12. The number of hydrogen-bond donors (Lipinski definition) is 0. The molecule has 0 radical (unpaired) electrons. The minimum atomic E-state index is -3.32. The highest BCUT2D eigenvalue weighted by atomic mass is 32.2. The maximum absolute atomic E-state index is 11.9. The molecule has 1 fully saturated rings. The molecule has 0 saturated carbocycles. The molecule has 0 unspecified atom stereocenters. The Balaban J connectivity index is 2.74. The minimum absolute atomic E-state index is 0.0422. The molecule has 6 heteroatoms. The quantitative estimate of drug-likeness (QED) is 0.694. The fraction of sp³-hybridized carbons (Fsp3) is 0.900. The van der Waals surface area contributed by atoms with Crippen molar-refractivity contribution in [2.75, 3.05) is 19.3 Å². The van der Waals surface area contributed by atoms with Crippen molar-refractivity contribution in [1.82, 2.24) is 4.90 Å². The van der Waals surface area contributed by atoms with Crippen molar-refractivity contribution in [3.63, 3.8) is 0 Å². The van der Waals surface area contributed by atoms with E-state index in [0.29, 0.717) is 13.1 Å². The lowest BCUT2D eigenvalue weighted by Gasteiger charge is -2.36. The SMILES string of the molecule is C[C@@H]1CN(C(=O)[C@H](C)S(C)(=O)=O)C[C@@H](C)O1. The Morgan fingerprint density at radius 2 is 1.75 bits per heavy atom. The molecule has 94 valence electrons. The Morgan fingerprint density at radius 1 is 1.31 bits per heavy atom. The van der Waals surface area contributed by atoms with Crippen LogP contribution in [0.3, 0.4) is 0 Å². The van der Waals surface area contributed by atoms with E-state index >= 15 is 0 Å². The van der Waals surface area contributed by atoms with Gasteiger partial charge >= 0.3 is 0 Å². The van der Waals surface area contributed by atoms with Crippen LogP contribution in [-0.4, -0.2) is 56.0 Å². The van der Waals surface area contributed by atoms with Gasteiger partial charge in [-0.2, -0.15) is 0 Å². The van der Waals surface area contributed by atoms with E-state index in [4.69, 9.17) is 4.74 Å². The summed E-state index contributed by atoms with van der Waals surface area (Å²) >= 11 is 0. The standard InChI is InChI=1S/C10H19NO4S/c1-7-5-11(6-8(2)15-7)10(12)9(3)16(4,13)14/h7-9H,5-6H2,1-4H3/t7-,8-,9+/m1/s1. The Hall–Kier alpha value is -0.620. The van der Waals surface area contributed by atoms with Crippen molar-refractivity contribution in [2.45, 2.75) is 38.2 Å². The third-order valence-electron chi connectivity index (χ3n) is 2.72. The number of carbonyl (C=O) groups excluding carboxylic acids is 1. The molecule has 1 aliphatic heterocycles. The molecular weight excluding hydrogens is 230 g/mol. The molecule has 0 N–H and O–H groups in total. The topological polar surface area (TPSA) is 63.7 Å². The minimum Gasteiger partial charge on any atom is -0.372 e. The van der Waals surface area contributed by atoms with Crippen molar-refractivity contribution in [3.8, 4) is 0 Å². The first kappa shape index (κ1) is 13.4. The van der Waals surface area contributed by atoms with Gasteiger partial charge in [0.2, 0.25) is 5.91 Å². The number of rotatable bonds is 2. The molecule has 1 rings (SSSR count). The summed E-state index contributed by atoms with van der Waals surface area (Å²) in [4.78, 5) is 13.5. The van der Waals surface area contributed by atoms with Crippen LogP contribution in [0.25, 0.3) is 0 Å². The van der Waals surface area contributed by atoms with E-state index in [0.717, 1.165) is 6.26 Å². The highest BCUT2D eigenvalue weighted by Gasteiger charge is 2.32. The Kier molecular flexibility index (Phi) is 3.96. The third kappa shape index (κ3) is 3.18. The van der Waals surface area contributed by atoms with E-state index in [1.54, 1.807) is 4.90 Å². The number of amides is 1. The second-order valence-electron chi connectivity index (χ2n) is 4.47. The second-order valence-corrected chi connectivity index (χ2v) is 6.84. The van der Waals surface area contributed by atoms with Gasteiger partial charge in [0.25, 0.3) is 0 Å². The van der Waals surface area contributed by atoms with Crippen LogP contribution in [0.5, 0.6) is 0 Å². The number of hydrogen-bond acceptors (Lipinski definition) is 4. The van der Waals surface area contributed by atoms with Crippen LogP contribution in [-0.2, 0) is 19.4 Å².